The molecule has 0 bridgehead atoms. The molecule has 1 N–H and O–H groups in total. The Hall–Kier alpha value is -3.20. The molecule has 0 unspecified atom stereocenters. The number of amides is 1. The molecule has 142 valence electrons. The number of nitrogens with zero attached hydrogens (tertiary/aromatic N) is 1. The summed E-state index contributed by atoms with van der Waals surface area (Å²) < 4.78 is 23.1. The second-order valence-electron chi connectivity index (χ2n) is 5.30. The molecule has 1 atom stereocenters. The fraction of sp³-hybridized carbons (Fsp3) is 0.176. The van der Waals surface area contributed by atoms with Gasteiger partial charge in [0.05, 0.1) is 34.4 Å². The van der Waals surface area contributed by atoms with E-state index < -0.39 is 28.7 Å². The van der Waals surface area contributed by atoms with E-state index in [4.69, 9.17) is 21.1 Å². The fourth-order valence-corrected chi connectivity index (χ4v) is 2.31. The van der Waals surface area contributed by atoms with Crippen LogP contribution in [-0.2, 0) is 9.53 Å². The van der Waals surface area contributed by atoms with Crippen LogP contribution < -0.4 is 10.1 Å². The summed E-state index contributed by atoms with van der Waals surface area (Å²) in [6.07, 6.45) is -1.22. The van der Waals surface area contributed by atoms with Crippen molar-refractivity contribution in [1.82, 2.24) is 0 Å². The van der Waals surface area contributed by atoms with Crippen LogP contribution in [0, 0.1) is 15.9 Å². The van der Waals surface area contributed by atoms with Crippen molar-refractivity contribution in [1.29, 1.82) is 0 Å². The highest BCUT2D eigenvalue weighted by Gasteiger charge is 2.22. The van der Waals surface area contributed by atoms with E-state index in [2.05, 4.69) is 5.32 Å². The first kappa shape index (κ1) is 20.1. The number of nitro groups is 1. The number of carbonyl (C=O) groups excluding carboxylic acids is 2. The number of esters is 1. The van der Waals surface area contributed by atoms with Crippen LogP contribution >= 0.6 is 11.6 Å². The number of hydrogen-bond donors (Lipinski definition) is 1. The first-order chi connectivity index (χ1) is 12.7. The SMILES string of the molecule is COc1cc([N+](=O)[O-])ccc1NC(=O)[C@@H](C)OC(=O)c1ccc(F)cc1Cl. The average Bonchev–Trinajstić information content (AvgIpc) is 2.61. The zero-order valence-corrected chi connectivity index (χ0v) is 15.0. The Bertz CT molecular complexity index is 905. The van der Waals surface area contributed by atoms with Gasteiger partial charge in [0.15, 0.2) is 6.10 Å². The summed E-state index contributed by atoms with van der Waals surface area (Å²) in [5.41, 5.74) is -0.142. The predicted molar refractivity (Wildman–Crippen MR) is 94.6 cm³/mol. The zero-order chi connectivity index (χ0) is 20.1. The molecule has 0 aliphatic heterocycles. The number of nitrogens with one attached hydrogen (secondary N) is 1. The normalized spacial score (nSPS) is 11.4. The standard InChI is InChI=1S/C17H14ClFN2O6/c1-9(27-17(23)12-5-3-10(19)7-13(12)18)16(22)20-14-6-4-11(21(24)25)8-15(14)26-2/h3-9H,1-2H3,(H,20,22)/t9-/m1/s1. The number of benzene rings is 2. The van der Waals surface area contributed by atoms with Crippen molar-refractivity contribution in [2.75, 3.05) is 12.4 Å². The maximum Gasteiger partial charge on any atom is 0.340 e. The van der Waals surface area contributed by atoms with Crippen LogP contribution in [-0.4, -0.2) is 30.0 Å². The maximum atomic E-state index is 13.0. The lowest BCUT2D eigenvalue weighted by Crippen LogP contribution is -2.30. The number of halogens is 2. The second kappa shape index (κ2) is 8.45. The molecule has 0 saturated heterocycles. The topological polar surface area (TPSA) is 108 Å². The highest BCUT2D eigenvalue weighted by molar-refractivity contribution is 6.33. The number of ether oxygens (including phenoxy) is 2. The van der Waals surface area contributed by atoms with Gasteiger partial charge >= 0.3 is 5.97 Å². The minimum atomic E-state index is -1.22. The Morgan fingerprint density at radius 3 is 2.56 bits per heavy atom. The van der Waals surface area contributed by atoms with Crippen LogP contribution in [0.3, 0.4) is 0 Å². The molecule has 0 heterocycles. The van der Waals surface area contributed by atoms with Crippen molar-refractivity contribution in [3.05, 3.63) is 62.9 Å². The van der Waals surface area contributed by atoms with Gasteiger partial charge in [0.2, 0.25) is 0 Å². The van der Waals surface area contributed by atoms with E-state index in [-0.39, 0.29) is 27.7 Å². The Kier molecular flexibility index (Phi) is 6.30. The van der Waals surface area contributed by atoms with E-state index >= 15 is 0 Å². The number of hydrogen-bond acceptors (Lipinski definition) is 6. The molecule has 0 spiro atoms. The third kappa shape index (κ3) is 4.91. The summed E-state index contributed by atoms with van der Waals surface area (Å²) in [5.74, 6) is -2.16. The molecule has 0 aliphatic rings. The van der Waals surface area contributed by atoms with Gasteiger partial charge in [0.1, 0.15) is 11.6 Å². The predicted octanol–water partition coefficient (Wildman–Crippen LogP) is 3.58. The molecule has 27 heavy (non-hydrogen) atoms. The van der Waals surface area contributed by atoms with E-state index in [0.29, 0.717) is 0 Å². The average molecular weight is 397 g/mol. The van der Waals surface area contributed by atoms with Crippen LogP contribution in [0.1, 0.15) is 17.3 Å². The van der Waals surface area contributed by atoms with Gasteiger partial charge in [-0.05, 0) is 31.2 Å². The summed E-state index contributed by atoms with van der Waals surface area (Å²) in [6.45, 7) is 1.32. The summed E-state index contributed by atoms with van der Waals surface area (Å²) >= 11 is 5.78. The minimum Gasteiger partial charge on any atom is -0.494 e. The molecular weight excluding hydrogens is 383 g/mol. The van der Waals surface area contributed by atoms with Crippen LogP contribution in [0.25, 0.3) is 0 Å². The molecular formula is C17H14ClFN2O6. The van der Waals surface area contributed by atoms with Crippen molar-refractivity contribution >= 4 is 34.9 Å². The van der Waals surface area contributed by atoms with Gasteiger partial charge in [0.25, 0.3) is 11.6 Å². The lowest BCUT2D eigenvalue weighted by Gasteiger charge is -2.15. The van der Waals surface area contributed by atoms with Gasteiger partial charge in [0, 0.05) is 6.07 Å². The molecule has 10 heteroatoms. The zero-order valence-electron chi connectivity index (χ0n) is 14.2. The van der Waals surface area contributed by atoms with Crippen molar-refractivity contribution in [2.24, 2.45) is 0 Å². The molecule has 0 saturated carbocycles. The minimum absolute atomic E-state index is 0.0673. The monoisotopic (exact) mass is 396 g/mol. The number of non-ortho nitro benzene ring substituents is 1. The Balaban J connectivity index is 2.09. The van der Waals surface area contributed by atoms with Crippen LogP contribution in [0.5, 0.6) is 5.75 Å². The first-order valence-electron chi connectivity index (χ1n) is 7.52. The van der Waals surface area contributed by atoms with E-state index in [9.17, 15) is 24.1 Å². The quantitative estimate of drug-likeness (QED) is 0.454. The first-order valence-corrected chi connectivity index (χ1v) is 7.90. The summed E-state index contributed by atoms with van der Waals surface area (Å²) in [5, 5.41) is 13.1. The number of rotatable bonds is 6. The Morgan fingerprint density at radius 2 is 1.96 bits per heavy atom. The van der Waals surface area contributed by atoms with Crippen LogP contribution in [0.15, 0.2) is 36.4 Å². The molecule has 0 aliphatic carbocycles. The van der Waals surface area contributed by atoms with E-state index in [1.807, 2.05) is 0 Å². The van der Waals surface area contributed by atoms with Crippen molar-refractivity contribution < 1.29 is 28.4 Å². The highest BCUT2D eigenvalue weighted by Crippen LogP contribution is 2.29. The van der Waals surface area contributed by atoms with Crippen molar-refractivity contribution in [3.8, 4) is 5.75 Å². The van der Waals surface area contributed by atoms with E-state index in [1.165, 1.54) is 26.2 Å². The third-order valence-corrected chi connectivity index (χ3v) is 3.77. The molecule has 8 nitrogen and oxygen atoms in total. The number of anilines is 1. The molecule has 0 aromatic heterocycles. The smallest absolute Gasteiger partial charge is 0.340 e. The van der Waals surface area contributed by atoms with Crippen LogP contribution in [0.2, 0.25) is 5.02 Å². The van der Waals surface area contributed by atoms with E-state index in [1.54, 1.807) is 0 Å². The number of carbonyl (C=O) groups is 2. The molecule has 0 fully saturated rings. The van der Waals surface area contributed by atoms with Gasteiger partial charge < -0.3 is 14.8 Å². The molecule has 1 amide bonds. The number of methoxy groups -OCH3 is 1. The third-order valence-electron chi connectivity index (χ3n) is 3.46. The highest BCUT2D eigenvalue weighted by atomic mass is 35.5. The van der Waals surface area contributed by atoms with Crippen molar-refractivity contribution in [2.45, 2.75) is 13.0 Å². The summed E-state index contributed by atoms with van der Waals surface area (Å²) in [7, 11) is 1.29. The Morgan fingerprint density at radius 1 is 1.26 bits per heavy atom. The van der Waals surface area contributed by atoms with Gasteiger partial charge in [-0.2, -0.15) is 0 Å². The lowest BCUT2D eigenvalue weighted by atomic mass is 10.2. The molecule has 2 aromatic rings. The van der Waals surface area contributed by atoms with E-state index in [0.717, 1.165) is 24.3 Å². The molecule has 0 radical (unpaired) electrons. The maximum absolute atomic E-state index is 13.0. The molecule has 2 aromatic carbocycles. The number of nitro benzene ring substituents is 1. The van der Waals surface area contributed by atoms with Gasteiger partial charge in [-0.25, -0.2) is 9.18 Å². The summed E-state index contributed by atoms with van der Waals surface area (Å²) in [6, 6.07) is 6.75. The summed E-state index contributed by atoms with van der Waals surface area (Å²) in [4.78, 5) is 34.5. The lowest BCUT2D eigenvalue weighted by molar-refractivity contribution is -0.384. The second-order valence-corrected chi connectivity index (χ2v) is 5.71. The van der Waals surface area contributed by atoms with Gasteiger partial charge in [-0.3, -0.25) is 14.9 Å². The Labute approximate surface area is 158 Å². The fourth-order valence-electron chi connectivity index (χ4n) is 2.06. The molecule has 2 rings (SSSR count). The largest absolute Gasteiger partial charge is 0.494 e. The van der Waals surface area contributed by atoms with Crippen molar-refractivity contribution in [3.63, 3.8) is 0 Å². The van der Waals surface area contributed by atoms with Gasteiger partial charge in [-0.1, -0.05) is 11.6 Å². The van der Waals surface area contributed by atoms with Crippen LogP contribution in [0.4, 0.5) is 15.8 Å². The van der Waals surface area contributed by atoms with Gasteiger partial charge in [-0.15, -0.1) is 0 Å².